The Hall–Kier alpha value is -0.810. The van der Waals surface area contributed by atoms with Gasteiger partial charge in [-0.2, -0.15) is 0 Å². The number of nitrogens with one attached hydrogen (secondary N) is 2. The molecule has 0 aliphatic carbocycles. The van der Waals surface area contributed by atoms with Crippen LogP contribution in [0.15, 0.2) is 0 Å². The summed E-state index contributed by atoms with van der Waals surface area (Å²) in [7, 11) is 0. The van der Waals surface area contributed by atoms with Crippen molar-refractivity contribution in [2.45, 2.75) is 25.9 Å². The van der Waals surface area contributed by atoms with Gasteiger partial charge in [-0.3, -0.25) is 0 Å². The highest BCUT2D eigenvalue weighted by atomic mass is 16.3. The minimum absolute atomic E-state index is 0.0337. The average Bonchev–Trinajstić information content (AvgIpc) is 2.69. The zero-order chi connectivity index (χ0) is 11.1. The van der Waals surface area contributed by atoms with Gasteiger partial charge in [0.15, 0.2) is 0 Å². The van der Waals surface area contributed by atoms with Gasteiger partial charge in [0.2, 0.25) is 0 Å². The van der Waals surface area contributed by atoms with Gasteiger partial charge in [-0.15, -0.1) is 0 Å². The molecule has 1 atom stereocenters. The van der Waals surface area contributed by atoms with Crippen LogP contribution in [-0.2, 0) is 0 Å². The topological polar surface area (TPSA) is 64.6 Å². The van der Waals surface area contributed by atoms with Crippen molar-refractivity contribution < 1.29 is 9.90 Å². The molecule has 1 aliphatic heterocycles. The summed E-state index contributed by atoms with van der Waals surface area (Å²) in [5.41, 5.74) is 0. The lowest BCUT2D eigenvalue weighted by atomic mass is 10.4. The zero-order valence-electron chi connectivity index (χ0n) is 9.33. The third-order valence-corrected chi connectivity index (χ3v) is 2.41. The highest BCUT2D eigenvalue weighted by molar-refractivity contribution is 5.74. The smallest absolute Gasteiger partial charge is 0.317 e. The second-order valence-electron chi connectivity index (χ2n) is 3.98. The van der Waals surface area contributed by atoms with E-state index in [9.17, 15) is 4.79 Å². The van der Waals surface area contributed by atoms with Crippen LogP contribution in [0.4, 0.5) is 4.79 Å². The Morgan fingerprint density at radius 1 is 1.40 bits per heavy atom. The molecule has 5 nitrogen and oxygen atoms in total. The Kier molecular flexibility index (Phi) is 5.42. The molecule has 88 valence electrons. The fourth-order valence-corrected chi connectivity index (χ4v) is 1.60. The average molecular weight is 215 g/mol. The predicted octanol–water partition coefficient (Wildman–Crippen LogP) is -0.238. The van der Waals surface area contributed by atoms with Gasteiger partial charge >= 0.3 is 6.03 Å². The van der Waals surface area contributed by atoms with Gasteiger partial charge in [-0.25, -0.2) is 4.79 Å². The summed E-state index contributed by atoms with van der Waals surface area (Å²) in [6, 6.07) is 0.0337. The van der Waals surface area contributed by atoms with Crippen LogP contribution in [0.2, 0.25) is 0 Å². The lowest BCUT2D eigenvalue weighted by Crippen LogP contribution is -2.41. The summed E-state index contributed by atoms with van der Waals surface area (Å²) in [5, 5.41) is 14.9. The minimum Gasteiger partial charge on any atom is -0.392 e. The Labute approximate surface area is 90.8 Å². The van der Waals surface area contributed by atoms with Gasteiger partial charge in [-0.05, 0) is 19.8 Å². The van der Waals surface area contributed by atoms with E-state index >= 15 is 0 Å². The second kappa shape index (κ2) is 6.63. The van der Waals surface area contributed by atoms with E-state index in [2.05, 4.69) is 10.6 Å². The highest BCUT2D eigenvalue weighted by Crippen LogP contribution is 2.06. The number of aliphatic hydroxyl groups excluding tert-OH is 1. The molecular formula is C10H21N3O2. The Bertz CT molecular complexity index is 191. The number of carbonyl (C=O) groups excluding carboxylic acids is 1. The molecule has 15 heavy (non-hydrogen) atoms. The van der Waals surface area contributed by atoms with Crippen LogP contribution in [0.3, 0.4) is 0 Å². The van der Waals surface area contributed by atoms with E-state index in [1.807, 2.05) is 4.90 Å². The number of hydrogen-bond donors (Lipinski definition) is 3. The Morgan fingerprint density at radius 2 is 2.07 bits per heavy atom. The number of urea groups is 1. The summed E-state index contributed by atoms with van der Waals surface area (Å²) in [5.74, 6) is 0. The molecule has 0 aromatic carbocycles. The molecule has 3 N–H and O–H groups in total. The van der Waals surface area contributed by atoms with Crippen LogP contribution in [0.5, 0.6) is 0 Å². The maximum Gasteiger partial charge on any atom is 0.317 e. The predicted molar refractivity (Wildman–Crippen MR) is 58.8 cm³/mol. The fraction of sp³-hybridized carbons (Fsp3) is 0.900. The maximum atomic E-state index is 11.5. The van der Waals surface area contributed by atoms with E-state index in [0.29, 0.717) is 19.6 Å². The molecule has 0 aromatic heterocycles. The molecule has 1 rings (SSSR count). The zero-order valence-corrected chi connectivity index (χ0v) is 9.33. The van der Waals surface area contributed by atoms with Crippen molar-refractivity contribution in [3.63, 3.8) is 0 Å². The quantitative estimate of drug-likeness (QED) is 0.555. The van der Waals surface area contributed by atoms with Crippen molar-refractivity contribution in [1.29, 1.82) is 0 Å². The number of aliphatic hydroxyl groups is 1. The first kappa shape index (κ1) is 12.3. The molecule has 2 amide bonds. The third-order valence-electron chi connectivity index (χ3n) is 2.41. The van der Waals surface area contributed by atoms with Crippen molar-refractivity contribution in [3.05, 3.63) is 0 Å². The van der Waals surface area contributed by atoms with Gasteiger partial charge < -0.3 is 20.6 Å². The molecule has 0 aromatic rings. The first-order chi connectivity index (χ1) is 7.20. The van der Waals surface area contributed by atoms with Crippen LogP contribution < -0.4 is 10.6 Å². The number of hydrogen-bond acceptors (Lipinski definition) is 3. The number of amides is 2. The molecule has 0 radical (unpaired) electrons. The van der Waals surface area contributed by atoms with Gasteiger partial charge in [0.05, 0.1) is 6.10 Å². The van der Waals surface area contributed by atoms with Crippen LogP contribution in [0, 0.1) is 0 Å². The maximum absolute atomic E-state index is 11.5. The number of carbonyl (C=O) groups is 1. The van der Waals surface area contributed by atoms with Crippen molar-refractivity contribution >= 4 is 6.03 Å². The SMILES string of the molecule is CC(O)CNCCNC(=O)N1CCCC1. The van der Waals surface area contributed by atoms with Gasteiger partial charge in [0.1, 0.15) is 0 Å². The van der Waals surface area contributed by atoms with Crippen molar-refractivity contribution in [2.75, 3.05) is 32.7 Å². The summed E-state index contributed by atoms with van der Waals surface area (Å²) in [6.07, 6.45) is 1.90. The molecule has 0 saturated carbocycles. The molecule has 0 bridgehead atoms. The lowest BCUT2D eigenvalue weighted by molar-refractivity contribution is 0.191. The van der Waals surface area contributed by atoms with Crippen molar-refractivity contribution in [1.82, 2.24) is 15.5 Å². The Balaban J connectivity index is 1.97. The number of nitrogens with zero attached hydrogens (tertiary/aromatic N) is 1. The molecule has 1 fully saturated rings. The van der Waals surface area contributed by atoms with E-state index in [0.717, 1.165) is 25.9 Å². The monoisotopic (exact) mass is 215 g/mol. The molecule has 1 heterocycles. The molecule has 0 spiro atoms. The summed E-state index contributed by atoms with van der Waals surface area (Å²) >= 11 is 0. The molecule has 1 saturated heterocycles. The highest BCUT2D eigenvalue weighted by Gasteiger charge is 2.16. The normalized spacial score (nSPS) is 17.9. The van der Waals surface area contributed by atoms with E-state index in [1.165, 1.54) is 0 Å². The van der Waals surface area contributed by atoms with Gasteiger partial charge in [-0.1, -0.05) is 0 Å². The van der Waals surface area contributed by atoms with E-state index in [4.69, 9.17) is 5.11 Å². The van der Waals surface area contributed by atoms with Crippen molar-refractivity contribution in [3.8, 4) is 0 Å². The first-order valence-corrected chi connectivity index (χ1v) is 5.61. The van der Waals surface area contributed by atoms with E-state index < -0.39 is 0 Å². The first-order valence-electron chi connectivity index (χ1n) is 5.61. The van der Waals surface area contributed by atoms with Crippen LogP contribution in [0.25, 0.3) is 0 Å². The van der Waals surface area contributed by atoms with Gasteiger partial charge in [0.25, 0.3) is 0 Å². The standard InChI is InChI=1S/C10H21N3O2/c1-9(14)8-11-4-5-12-10(15)13-6-2-3-7-13/h9,11,14H,2-8H2,1H3,(H,12,15). The van der Waals surface area contributed by atoms with Crippen LogP contribution >= 0.6 is 0 Å². The van der Waals surface area contributed by atoms with E-state index in [1.54, 1.807) is 6.92 Å². The third kappa shape index (κ3) is 4.99. The van der Waals surface area contributed by atoms with Crippen LogP contribution in [0.1, 0.15) is 19.8 Å². The number of likely N-dealkylation sites (tertiary alicyclic amines) is 1. The fourth-order valence-electron chi connectivity index (χ4n) is 1.60. The van der Waals surface area contributed by atoms with E-state index in [-0.39, 0.29) is 12.1 Å². The Morgan fingerprint density at radius 3 is 2.67 bits per heavy atom. The molecule has 1 unspecified atom stereocenters. The molecular weight excluding hydrogens is 194 g/mol. The van der Waals surface area contributed by atoms with Gasteiger partial charge in [0, 0.05) is 32.7 Å². The summed E-state index contributed by atoms with van der Waals surface area (Å²) in [6.45, 7) is 5.38. The number of rotatable bonds is 5. The largest absolute Gasteiger partial charge is 0.392 e. The van der Waals surface area contributed by atoms with Crippen LogP contribution in [-0.4, -0.2) is 54.9 Å². The lowest BCUT2D eigenvalue weighted by Gasteiger charge is -2.16. The molecule has 5 heteroatoms. The summed E-state index contributed by atoms with van der Waals surface area (Å²) < 4.78 is 0. The molecule has 1 aliphatic rings. The minimum atomic E-state index is -0.334. The van der Waals surface area contributed by atoms with Crippen molar-refractivity contribution in [2.24, 2.45) is 0 Å². The summed E-state index contributed by atoms with van der Waals surface area (Å²) in [4.78, 5) is 13.3. The second-order valence-corrected chi connectivity index (χ2v) is 3.98.